The Morgan fingerprint density at radius 3 is 1.89 bits per heavy atom. The molecule has 0 aliphatic heterocycles. The second-order valence-electron chi connectivity index (χ2n) is 3.43. The second-order valence-corrected chi connectivity index (χ2v) is 3.43. The third-order valence-corrected chi connectivity index (χ3v) is 2.09. The molecule has 0 saturated heterocycles. The van der Waals surface area contributed by atoms with Gasteiger partial charge in [-0.3, -0.25) is 0 Å². The molecule has 0 heterocycles. The summed E-state index contributed by atoms with van der Waals surface area (Å²) in [5.41, 5.74) is 1.22. The van der Waals surface area contributed by atoms with Gasteiger partial charge in [0.1, 0.15) is 0 Å². The Kier molecular flexibility index (Phi) is 12.7. The maximum atomic E-state index is 3.15. The van der Waals surface area contributed by atoms with E-state index in [0.29, 0.717) is 0 Å². The Balaban J connectivity index is 0.000000331. The van der Waals surface area contributed by atoms with Gasteiger partial charge in [-0.2, -0.15) is 96.7 Å². The fourth-order valence-electron chi connectivity index (χ4n) is 1.16. The van der Waals surface area contributed by atoms with Gasteiger partial charge in [-0.05, 0) is 0 Å². The molecule has 0 spiro atoms. The van der Waals surface area contributed by atoms with Gasteiger partial charge >= 0.3 is 31.1 Å². The van der Waals surface area contributed by atoms with E-state index in [1.54, 1.807) is 0 Å². The molecule has 0 aromatic heterocycles. The van der Waals surface area contributed by atoms with E-state index in [2.05, 4.69) is 31.2 Å². The van der Waals surface area contributed by atoms with Gasteiger partial charge in [0.2, 0.25) is 0 Å². The molecule has 2 rings (SSSR count). The molecule has 2 aliphatic carbocycles. The first kappa shape index (κ1) is 18.0. The van der Waals surface area contributed by atoms with Crippen LogP contribution in [-0.4, -0.2) is 0 Å². The Labute approximate surface area is 140 Å². The Morgan fingerprint density at radius 1 is 0.789 bits per heavy atom. The van der Waals surface area contributed by atoms with Crippen molar-refractivity contribution in [3.63, 3.8) is 0 Å². The molecule has 0 unspecified atom stereocenters. The van der Waals surface area contributed by atoms with Crippen molar-refractivity contribution in [3.05, 3.63) is 96.7 Å². The number of hydrogen-bond acceptors (Lipinski definition) is 0. The summed E-state index contributed by atoms with van der Waals surface area (Å²) in [6.45, 7) is 2.12. The van der Waals surface area contributed by atoms with Gasteiger partial charge in [-0.25, -0.2) is 0 Å². The fraction of sp³-hybridized carbons (Fsp3) is 0.111. The van der Waals surface area contributed by atoms with Gasteiger partial charge in [-0.1, -0.05) is 13.3 Å². The third-order valence-electron chi connectivity index (χ3n) is 2.09. The number of rotatable bonds is 1. The summed E-state index contributed by atoms with van der Waals surface area (Å²) in [4.78, 5) is 0. The van der Waals surface area contributed by atoms with Crippen LogP contribution in [0.2, 0.25) is 0 Å². The summed E-state index contributed by atoms with van der Waals surface area (Å²) in [5, 5.41) is 0. The summed E-state index contributed by atoms with van der Waals surface area (Å²) in [6, 6.07) is 0. The largest absolute Gasteiger partial charge is 4.00 e. The molecule has 0 aromatic rings. The zero-order valence-electron chi connectivity index (χ0n) is 11.1. The first-order valence-electron chi connectivity index (χ1n) is 5.95. The number of hydrogen-bond donors (Lipinski definition) is 0. The van der Waals surface area contributed by atoms with Crippen LogP contribution < -0.4 is 0 Å². The van der Waals surface area contributed by atoms with Crippen LogP contribution >= 0.6 is 0 Å². The summed E-state index contributed by atoms with van der Waals surface area (Å²) in [5.74, 6) is 0. The molecule has 0 radical (unpaired) electrons. The maximum Gasteiger partial charge on any atom is 4.00 e. The van der Waals surface area contributed by atoms with Crippen LogP contribution in [0.3, 0.4) is 0 Å². The van der Waals surface area contributed by atoms with E-state index in [4.69, 9.17) is 0 Å². The Hall–Kier alpha value is -1.03. The molecule has 0 fully saturated rings. The van der Waals surface area contributed by atoms with Crippen LogP contribution in [-0.2, 0) is 0 Å². The minimum atomic E-state index is 0. The summed E-state index contributed by atoms with van der Waals surface area (Å²) in [7, 11) is 0. The van der Waals surface area contributed by atoms with E-state index in [0.717, 1.165) is 6.42 Å². The van der Waals surface area contributed by atoms with Crippen molar-refractivity contribution in [2.24, 2.45) is 0 Å². The quantitative estimate of drug-likeness (QED) is 0.498. The van der Waals surface area contributed by atoms with E-state index in [1.807, 2.05) is 66.8 Å². The molecule has 0 nitrogen and oxygen atoms in total. The first-order chi connectivity index (χ1) is 8.93. The molecule has 0 N–H and O–H groups in total. The normalized spacial score (nSPS) is 29.8. The van der Waals surface area contributed by atoms with Crippen LogP contribution in [0.5, 0.6) is 0 Å². The van der Waals surface area contributed by atoms with Gasteiger partial charge < -0.3 is 0 Å². The molecule has 0 atom stereocenters. The predicted octanol–water partition coefficient (Wildman–Crippen LogP) is 4.44. The average molecular weight is 470 g/mol. The molecule has 0 bridgehead atoms. The topological polar surface area (TPSA) is 0 Å². The standard InChI is InChI=1S/C10H10.C8H6.U/c1-2-10-8-6-4-3-5-7-9-10;1-2-4-6-8-7-5-3-1;/h3-4,6-7,9H,2H2,1H3;1-3,6-8H;/q2*-2;+4/b4-3?,6-4-,9-7-,10-9?;2-1-,3-1?,8-6?,8-7-;. The SMILES string of the molecule is CCC1=[C-]/C=C\C=[C-]/C=C\1.[C-]1=C\C=C/[C-]=C\C=C/1.[U+4]. The third kappa shape index (κ3) is 10.6. The average Bonchev–Trinajstić information content (AvgIpc) is 2.28. The molecular weight excluding hydrogens is 454 g/mol. The van der Waals surface area contributed by atoms with E-state index < -0.39 is 0 Å². The minimum Gasteiger partial charge on any atom is -0.184 e. The summed E-state index contributed by atoms with van der Waals surface area (Å²) >= 11 is 0. The molecule has 0 saturated carbocycles. The van der Waals surface area contributed by atoms with Crippen LogP contribution in [0, 0.1) is 55.4 Å². The summed E-state index contributed by atoms with van der Waals surface area (Å²) < 4.78 is 0. The van der Waals surface area contributed by atoms with Crippen molar-refractivity contribution in [3.8, 4) is 0 Å². The minimum absolute atomic E-state index is 0. The van der Waals surface area contributed by atoms with E-state index in [-0.39, 0.29) is 31.1 Å². The van der Waals surface area contributed by atoms with E-state index in [9.17, 15) is 0 Å². The molecule has 2 aliphatic rings. The van der Waals surface area contributed by atoms with Gasteiger partial charge in [0.05, 0.1) is 0 Å². The van der Waals surface area contributed by atoms with E-state index >= 15 is 0 Å². The van der Waals surface area contributed by atoms with Crippen LogP contribution in [0.4, 0.5) is 0 Å². The van der Waals surface area contributed by atoms with Crippen molar-refractivity contribution < 1.29 is 31.1 Å². The predicted molar refractivity (Wildman–Crippen MR) is 77.0 cm³/mol. The molecule has 19 heavy (non-hydrogen) atoms. The second kappa shape index (κ2) is 13.4. The zero-order valence-corrected chi connectivity index (χ0v) is 15.2. The van der Waals surface area contributed by atoms with Gasteiger partial charge in [0.15, 0.2) is 0 Å². The van der Waals surface area contributed by atoms with Crippen molar-refractivity contribution in [2.45, 2.75) is 13.3 Å². The maximum absolute atomic E-state index is 3.15. The van der Waals surface area contributed by atoms with Crippen molar-refractivity contribution in [1.29, 1.82) is 0 Å². The summed E-state index contributed by atoms with van der Waals surface area (Å²) in [6.07, 6.45) is 33.8. The first-order valence-corrected chi connectivity index (χ1v) is 5.95. The Morgan fingerprint density at radius 2 is 1.32 bits per heavy atom. The van der Waals surface area contributed by atoms with Crippen molar-refractivity contribution in [1.82, 2.24) is 0 Å². The molecule has 1 heteroatoms. The molecule has 0 amide bonds. The van der Waals surface area contributed by atoms with Crippen LogP contribution in [0.15, 0.2) is 72.4 Å². The van der Waals surface area contributed by atoms with Crippen molar-refractivity contribution >= 4 is 0 Å². The van der Waals surface area contributed by atoms with Gasteiger partial charge in [0.25, 0.3) is 0 Å². The van der Waals surface area contributed by atoms with Gasteiger partial charge in [0, 0.05) is 0 Å². The number of allylic oxidation sites excluding steroid dienone is 16. The smallest absolute Gasteiger partial charge is 0.184 e. The van der Waals surface area contributed by atoms with E-state index in [1.165, 1.54) is 5.57 Å². The zero-order chi connectivity index (χ0) is 12.9. The van der Waals surface area contributed by atoms with Crippen molar-refractivity contribution in [2.75, 3.05) is 0 Å². The molecule has 0 aromatic carbocycles. The van der Waals surface area contributed by atoms with Crippen LogP contribution in [0.1, 0.15) is 13.3 Å². The molecular formula is C18H16U. The fourth-order valence-corrected chi connectivity index (χ4v) is 1.16. The molecule has 92 valence electrons. The monoisotopic (exact) mass is 470 g/mol. The van der Waals surface area contributed by atoms with Gasteiger partial charge in [-0.15, -0.1) is 0 Å². The van der Waals surface area contributed by atoms with Crippen LogP contribution in [0.25, 0.3) is 0 Å². The Bertz CT molecular complexity index is 396.